The molecule has 1 aromatic carbocycles. The minimum atomic E-state index is 0.00301. The maximum absolute atomic E-state index is 12.6. The van der Waals surface area contributed by atoms with Gasteiger partial charge < -0.3 is 19.5 Å². The number of methoxy groups -OCH3 is 3. The highest BCUT2D eigenvalue weighted by Gasteiger charge is 2.60. The summed E-state index contributed by atoms with van der Waals surface area (Å²) in [6, 6.07) is 3.61. The van der Waals surface area contributed by atoms with Gasteiger partial charge in [-0.2, -0.15) is 0 Å². The Kier molecular flexibility index (Phi) is 5.65. The van der Waals surface area contributed by atoms with Gasteiger partial charge >= 0.3 is 0 Å². The van der Waals surface area contributed by atoms with Gasteiger partial charge in [-0.3, -0.25) is 4.79 Å². The van der Waals surface area contributed by atoms with Crippen LogP contribution in [0.2, 0.25) is 0 Å². The van der Waals surface area contributed by atoms with E-state index < -0.39 is 0 Å². The van der Waals surface area contributed by atoms with E-state index in [0.717, 1.165) is 5.56 Å². The van der Waals surface area contributed by atoms with Crippen molar-refractivity contribution in [3.63, 3.8) is 0 Å². The van der Waals surface area contributed by atoms with Crippen LogP contribution in [0.1, 0.15) is 33.3 Å². The van der Waals surface area contributed by atoms with Gasteiger partial charge in [-0.05, 0) is 31.2 Å². The van der Waals surface area contributed by atoms with Crippen molar-refractivity contribution in [1.29, 1.82) is 0 Å². The van der Waals surface area contributed by atoms with Crippen LogP contribution < -0.4 is 19.5 Å². The fourth-order valence-corrected chi connectivity index (χ4v) is 3.37. The largest absolute Gasteiger partial charge is 0.496 e. The molecule has 0 spiro atoms. The molecular formula is C20H29NO4. The molecule has 1 aliphatic carbocycles. The second-order valence-electron chi connectivity index (χ2n) is 7.31. The maximum atomic E-state index is 12.6. The SMILES string of the molecule is COc1cc(OC)c(OC)cc1CNC(=O)C1C(C=C(C)C)C1(C)C. The molecule has 0 aliphatic heterocycles. The Labute approximate surface area is 150 Å². The summed E-state index contributed by atoms with van der Waals surface area (Å²) in [6.07, 6.45) is 2.20. The molecule has 0 bridgehead atoms. The highest BCUT2D eigenvalue weighted by atomic mass is 16.5. The highest BCUT2D eigenvalue weighted by Crippen LogP contribution is 2.59. The van der Waals surface area contributed by atoms with Gasteiger partial charge in [0.2, 0.25) is 5.91 Å². The van der Waals surface area contributed by atoms with Crippen molar-refractivity contribution in [3.8, 4) is 17.2 Å². The quantitative estimate of drug-likeness (QED) is 0.766. The predicted octanol–water partition coefficient (Wildman–Crippen LogP) is 3.57. The molecule has 5 nitrogen and oxygen atoms in total. The van der Waals surface area contributed by atoms with Crippen LogP contribution in [0, 0.1) is 17.3 Å². The number of amides is 1. The molecule has 1 fully saturated rings. The minimum absolute atomic E-state index is 0.00301. The Bertz CT molecular complexity index is 675. The summed E-state index contributed by atoms with van der Waals surface area (Å²) in [4.78, 5) is 12.6. The fraction of sp³-hybridized carbons (Fsp3) is 0.550. The molecule has 138 valence electrons. The van der Waals surface area contributed by atoms with Crippen molar-refractivity contribution >= 4 is 5.91 Å². The maximum Gasteiger partial charge on any atom is 0.224 e. The third-order valence-electron chi connectivity index (χ3n) is 4.95. The van der Waals surface area contributed by atoms with Crippen LogP contribution in [0.3, 0.4) is 0 Å². The molecule has 0 heterocycles. The molecule has 1 aromatic rings. The van der Waals surface area contributed by atoms with Crippen LogP contribution >= 0.6 is 0 Å². The standard InChI is InChI=1S/C20H29NO4/c1-12(2)8-14-18(20(14,3)4)19(22)21-11-13-9-16(24-6)17(25-7)10-15(13)23-5/h8-10,14,18H,11H2,1-7H3,(H,21,22). The molecule has 2 atom stereocenters. The fourth-order valence-electron chi connectivity index (χ4n) is 3.37. The molecule has 1 N–H and O–H groups in total. The zero-order chi connectivity index (χ0) is 18.8. The molecule has 5 heteroatoms. The summed E-state index contributed by atoms with van der Waals surface area (Å²) >= 11 is 0. The molecule has 1 aliphatic rings. The van der Waals surface area contributed by atoms with E-state index >= 15 is 0 Å². The zero-order valence-corrected chi connectivity index (χ0v) is 16.2. The summed E-state index contributed by atoms with van der Waals surface area (Å²) in [5.41, 5.74) is 2.10. The lowest BCUT2D eigenvalue weighted by molar-refractivity contribution is -0.123. The van der Waals surface area contributed by atoms with Gasteiger partial charge in [-0.1, -0.05) is 25.5 Å². The van der Waals surface area contributed by atoms with Crippen LogP contribution in [0.4, 0.5) is 0 Å². The number of rotatable bonds is 7. The smallest absolute Gasteiger partial charge is 0.224 e. The Hall–Kier alpha value is -2.17. The average Bonchev–Trinajstić information content (AvgIpc) is 3.11. The number of hydrogen-bond acceptors (Lipinski definition) is 4. The Morgan fingerprint density at radius 2 is 1.64 bits per heavy atom. The minimum Gasteiger partial charge on any atom is -0.496 e. The zero-order valence-electron chi connectivity index (χ0n) is 16.2. The van der Waals surface area contributed by atoms with Gasteiger partial charge in [0.1, 0.15) is 5.75 Å². The van der Waals surface area contributed by atoms with Crippen LogP contribution in [-0.2, 0) is 11.3 Å². The summed E-state index contributed by atoms with van der Waals surface area (Å²) in [7, 11) is 4.77. The van der Waals surface area contributed by atoms with Crippen molar-refractivity contribution in [2.45, 2.75) is 34.2 Å². The molecule has 0 aromatic heterocycles. The average molecular weight is 347 g/mol. The second kappa shape index (κ2) is 7.38. The van der Waals surface area contributed by atoms with Gasteiger partial charge in [-0.25, -0.2) is 0 Å². The van der Waals surface area contributed by atoms with E-state index in [1.165, 1.54) is 5.57 Å². The third-order valence-corrected chi connectivity index (χ3v) is 4.95. The van der Waals surface area contributed by atoms with Crippen LogP contribution in [-0.4, -0.2) is 27.2 Å². The number of nitrogens with one attached hydrogen (secondary N) is 1. The summed E-state index contributed by atoms with van der Waals surface area (Å²) < 4.78 is 16.0. The van der Waals surface area contributed by atoms with Crippen molar-refractivity contribution in [2.24, 2.45) is 17.3 Å². The van der Waals surface area contributed by atoms with E-state index in [4.69, 9.17) is 14.2 Å². The molecule has 1 amide bonds. The first-order valence-corrected chi connectivity index (χ1v) is 8.47. The first-order chi connectivity index (χ1) is 11.8. The van der Waals surface area contributed by atoms with Crippen molar-refractivity contribution in [2.75, 3.05) is 21.3 Å². The molecule has 1 saturated carbocycles. The third kappa shape index (κ3) is 3.91. The summed E-state index contributed by atoms with van der Waals surface area (Å²) in [5, 5.41) is 3.04. The molecular weight excluding hydrogens is 318 g/mol. The monoisotopic (exact) mass is 347 g/mol. The molecule has 2 rings (SSSR count). The number of carbonyl (C=O) groups excluding carboxylic acids is 1. The summed E-state index contributed by atoms with van der Waals surface area (Å²) in [6.45, 7) is 8.79. The Morgan fingerprint density at radius 1 is 1.08 bits per heavy atom. The topological polar surface area (TPSA) is 56.8 Å². The van der Waals surface area contributed by atoms with Gasteiger partial charge in [0.25, 0.3) is 0 Å². The van der Waals surface area contributed by atoms with Gasteiger partial charge in [0, 0.05) is 18.2 Å². The van der Waals surface area contributed by atoms with Crippen molar-refractivity contribution in [3.05, 3.63) is 29.3 Å². The van der Waals surface area contributed by atoms with E-state index in [2.05, 4.69) is 39.1 Å². The highest BCUT2D eigenvalue weighted by molar-refractivity contribution is 5.83. The van der Waals surface area contributed by atoms with Crippen molar-refractivity contribution < 1.29 is 19.0 Å². The van der Waals surface area contributed by atoms with Gasteiger partial charge in [-0.15, -0.1) is 0 Å². The van der Waals surface area contributed by atoms with Crippen molar-refractivity contribution in [1.82, 2.24) is 5.32 Å². The molecule has 0 saturated heterocycles. The number of carbonyl (C=O) groups is 1. The van der Waals surface area contributed by atoms with E-state index in [1.807, 2.05) is 6.07 Å². The van der Waals surface area contributed by atoms with Crippen LogP contribution in [0.5, 0.6) is 17.2 Å². The second-order valence-corrected chi connectivity index (χ2v) is 7.31. The summed E-state index contributed by atoms with van der Waals surface area (Å²) in [5.74, 6) is 2.25. The molecule has 25 heavy (non-hydrogen) atoms. The number of allylic oxidation sites excluding steroid dienone is 2. The lowest BCUT2D eigenvalue weighted by atomic mass is 10.1. The molecule has 0 radical (unpaired) electrons. The Morgan fingerprint density at radius 3 is 2.16 bits per heavy atom. The lowest BCUT2D eigenvalue weighted by Crippen LogP contribution is -2.26. The lowest BCUT2D eigenvalue weighted by Gasteiger charge is -2.14. The number of hydrogen-bond donors (Lipinski definition) is 1. The number of ether oxygens (including phenoxy) is 3. The molecule has 2 unspecified atom stereocenters. The normalized spacial score (nSPS) is 20.4. The van der Waals surface area contributed by atoms with Gasteiger partial charge in [0.15, 0.2) is 11.5 Å². The van der Waals surface area contributed by atoms with E-state index in [-0.39, 0.29) is 17.2 Å². The van der Waals surface area contributed by atoms with Crippen LogP contribution in [0.15, 0.2) is 23.8 Å². The van der Waals surface area contributed by atoms with E-state index in [1.54, 1.807) is 27.4 Å². The first kappa shape index (κ1) is 19.2. The van der Waals surface area contributed by atoms with Gasteiger partial charge in [0.05, 0.1) is 27.2 Å². The van der Waals surface area contributed by atoms with E-state index in [0.29, 0.717) is 29.7 Å². The predicted molar refractivity (Wildman–Crippen MR) is 98.1 cm³/mol. The number of benzene rings is 1. The Balaban J connectivity index is 2.11. The first-order valence-electron chi connectivity index (χ1n) is 8.47. The van der Waals surface area contributed by atoms with Crippen LogP contribution in [0.25, 0.3) is 0 Å². The van der Waals surface area contributed by atoms with E-state index in [9.17, 15) is 4.79 Å².